The van der Waals surface area contributed by atoms with Crippen LogP contribution in [0.1, 0.15) is 11.1 Å². The molecule has 0 aliphatic carbocycles. The van der Waals surface area contributed by atoms with Gasteiger partial charge in [0.25, 0.3) is 5.69 Å². The van der Waals surface area contributed by atoms with Crippen LogP contribution >= 0.6 is 0 Å². The summed E-state index contributed by atoms with van der Waals surface area (Å²) in [5.41, 5.74) is -1.25. The molecule has 10 heteroatoms. The highest BCUT2D eigenvalue weighted by atomic mass is 19.4. The molecule has 0 atom stereocenters. The lowest BCUT2D eigenvalue weighted by Gasteiger charge is -2.16. The molecule has 0 heterocycles. The fourth-order valence-corrected chi connectivity index (χ4v) is 2.50. The van der Waals surface area contributed by atoms with Crippen molar-refractivity contribution in [1.82, 2.24) is 0 Å². The molecule has 146 valence electrons. The topological polar surface area (TPSA) is 82.9 Å². The van der Waals surface area contributed by atoms with Gasteiger partial charge in [-0.2, -0.15) is 13.2 Å². The zero-order chi connectivity index (χ0) is 20.2. The summed E-state index contributed by atoms with van der Waals surface area (Å²) >= 11 is 0. The predicted molar refractivity (Wildman–Crippen MR) is 91.5 cm³/mol. The number of halogens is 3. The first kappa shape index (κ1) is 20.1. The summed E-state index contributed by atoms with van der Waals surface area (Å²) in [4.78, 5) is 10.3. The monoisotopic (exact) mass is 386 g/mol. The maximum absolute atomic E-state index is 12.8. The molecule has 0 radical (unpaired) electrons. The summed E-state index contributed by atoms with van der Waals surface area (Å²) in [5, 5.41) is 13.9. The predicted octanol–water partition coefficient (Wildman–Crippen LogP) is 4.25. The van der Waals surface area contributed by atoms with Crippen LogP contribution in [-0.4, -0.2) is 26.3 Å². The molecular formula is C17H17F3N2O5. The molecule has 0 unspecified atom stereocenters. The summed E-state index contributed by atoms with van der Waals surface area (Å²) in [6.45, 7) is 0.0513. The Labute approximate surface area is 152 Å². The minimum absolute atomic E-state index is 0.0511. The normalized spacial score (nSPS) is 11.0. The summed E-state index contributed by atoms with van der Waals surface area (Å²) in [6, 6.07) is 5.58. The molecule has 0 spiro atoms. The molecule has 0 aliphatic rings. The van der Waals surface area contributed by atoms with Crippen molar-refractivity contribution in [2.45, 2.75) is 12.7 Å². The van der Waals surface area contributed by atoms with E-state index in [1.807, 2.05) is 0 Å². The third-order valence-corrected chi connectivity index (χ3v) is 3.78. The summed E-state index contributed by atoms with van der Waals surface area (Å²) in [5.74, 6) is 1.11. The second kappa shape index (κ2) is 8.02. The second-order valence-electron chi connectivity index (χ2n) is 5.33. The van der Waals surface area contributed by atoms with Crippen LogP contribution in [0.15, 0.2) is 30.3 Å². The average Bonchev–Trinajstić information content (AvgIpc) is 2.64. The highest BCUT2D eigenvalue weighted by Gasteiger charge is 2.33. The number of benzene rings is 2. The van der Waals surface area contributed by atoms with Crippen molar-refractivity contribution in [3.05, 3.63) is 51.6 Å². The number of hydrogen-bond acceptors (Lipinski definition) is 6. The number of nitrogens with one attached hydrogen (secondary N) is 1. The minimum atomic E-state index is -4.67. The number of methoxy groups -OCH3 is 3. The molecule has 0 saturated heterocycles. The molecule has 1 N–H and O–H groups in total. The van der Waals surface area contributed by atoms with Crippen LogP contribution in [0.5, 0.6) is 17.2 Å². The van der Waals surface area contributed by atoms with Crippen molar-refractivity contribution in [3.63, 3.8) is 0 Å². The largest absolute Gasteiger partial charge is 0.493 e. The fraction of sp³-hybridized carbons (Fsp3) is 0.294. The van der Waals surface area contributed by atoms with Gasteiger partial charge < -0.3 is 19.5 Å². The van der Waals surface area contributed by atoms with Gasteiger partial charge in [0.15, 0.2) is 11.5 Å². The van der Waals surface area contributed by atoms with Gasteiger partial charge in [0.1, 0.15) is 5.69 Å². The SMILES string of the molecule is COc1ccc(CNc2ccc(C(F)(F)F)cc2[N+](=O)[O-])c(OC)c1OC. The highest BCUT2D eigenvalue weighted by molar-refractivity contribution is 5.64. The molecule has 2 aromatic carbocycles. The van der Waals surface area contributed by atoms with E-state index in [0.717, 1.165) is 12.1 Å². The lowest BCUT2D eigenvalue weighted by atomic mass is 10.1. The average molecular weight is 386 g/mol. The maximum Gasteiger partial charge on any atom is 0.416 e. The van der Waals surface area contributed by atoms with Crippen molar-refractivity contribution >= 4 is 11.4 Å². The lowest BCUT2D eigenvalue weighted by Crippen LogP contribution is -2.09. The number of alkyl halides is 3. The molecule has 2 rings (SSSR count). The molecule has 0 aliphatic heterocycles. The molecule has 7 nitrogen and oxygen atoms in total. The minimum Gasteiger partial charge on any atom is -0.493 e. The molecule has 27 heavy (non-hydrogen) atoms. The zero-order valence-corrected chi connectivity index (χ0v) is 14.7. The zero-order valence-electron chi connectivity index (χ0n) is 14.7. The number of ether oxygens (including phenoxy) is 3. The van der Waals surface area contributed by atoms with E-state index < -0.39 is 22.4 Å². The number of nitro groups is 1. The third kappa shape index (κ3) is 4.33. The van der Waals surface area contributed by atoms with E-state index in [1.165, 1.54) is 21.3 Å². The van der Waals surface area contributed by atoms with E-state index in [-0.39, 0.29) is 12.2 Å². The third-order valence-electron chi connectivity index (χ3n) is 3.78. The molecule has 0 amide bonds. The van der Waals surface area contributed by atoms with Gasteiger partial charge in [0, 0.05) is 18.2 Å². The molecular weight excluding hydrogens is 369 g/mol. The first-order valence-corrected chi connectivity index (χ1v) is 7.60. The molecule has 0 saturated carbocycles. The quantitative estimate of drug-likeness (QED) is 0.566. The second-order valence-corrected chi connectivity index (χ2v) is 5.33. The highest BCUT2D eigenvalue weighted by Crippen LogP contribution is 2.40. The van der Waals surface area contributed by atoms with Gasteiger partial charge in [-0.1, -0.05) is 0 Å². The molecule has 0 bridgehead atoms. The van der Waals surface area contributed by atoms with Crippen LogP contribution in [0.3, 0.4) is 0 Å². The van der Waals surface area contributed by atoms with Crippen molar-refractivity contribution in [2.75, 3.05) is 26.6 Å². The van der Waals surface area contributed by atoms with Gasteiger partial charge in [0.2, 0.25) is 5.75 Å². The van der Waals surface area contributed by atoms with E-state index in [4.69, 9.17) is 14.2 Å². The van der Waals surface area contributed by atoms with Crippen LogP contribution in [0.25, 0.3) is 0 Å². The van der Waals surface area contributed by atoms with E-state index in [2.05, 4.69) is 5.32 Å². The van der Waals surface area contributed by atoms with Crippen LogP contribution in [-0.2, 0) is 12.7 Å². The van der Waals surface area contributed by atoms with Crippen molar-refractivity contribution in [2.24, 2.45) is 0 Å². The fourth-order valence-electron chi connectivity index (χ4n) is 2.50. The van der Waals surface area contributed by atoms with Gasteiger partial charge in [-0.3, -0.25) is 10.1 Å². The van der Waals surface area contributed by atoms with Gasteiger partial charge in [-0.05, 0) is 24.3 Å². The van der Waals surface area contributed by atoms with Gasteiger partial charge in [-0.25, -0.2) is 0 Å². The summed E-state index contributed by atoms with van der Waals surface area (Å²) < 4.78 is 54.1. The van der Waals surface area contributed by atoms with Crippen LogP contribution in [0.4, 0.5) is 24.5 Å². The maximum atomic E-state index is 12.8. The number of hydrogen-bond donors (Lipinski definition) is 1. The Bertz CT molecular complexity index is 840. The summed E-state index contributed by atoms with van der Waals surface area (Å²) in [7, 11) is 4.31. The van der Waals surface area contributed by atoms with Gasteiger partial charge >= 0.3 is 6.18 Å². The smallest absolute Gasteiger partial charge is 0.416 e. The van der Waals surface area contributed by atoms with E-state index in [9.17, 15) is 23.3 Å². The first-order valence-electron chi connectivity index (χ1n) is 7.60. The van der Waals surface area contributed by atoms with Crippen LogP contribution in [0, 0.1) is 10.1 Å². The van der Waals surface area contributed by atoms with Gasteiger partial charge in [0.05, 0.1) is 31.8 Å². The number of anilines is 1. The standard InChI is InChI=1S/C17H17F3N2O5/c1-25-14-7-4-10(15(26-2)16(14)27-3)9-21-12-6-5-11(17(18,19)20)8-13(12)22(23)24/h4-8,21H,9H2,1-3H3. The Morgan fingerprint density at radius 3 is 2.22 bits per heavy atom. The Kier molecular flexibility index (Phi) is 5.98. The number of nitro benzene ring substituents is 1. The van der Waals surface area contributed by atoms with E-state index in [1.54, 1.807) is 12.1 Å². The Morgan fingerprint density at radius 2 is 1.70 bits per heavy atom. The Hall–Kier alpha value is -3.17. The van der Waals surface area contributed by atoms with Crippen molar-refractivity contribution in [1.29, 1.82) is 0 Å². The summed E-state index contributed by atoms with van der Waals surface area (Å²) in [6.07, 6.45) is -4.67. The van der Waals surface area contributed by atoms with Gasteiger partial charge in [-0.15, -0.1) is 0 Å². The lowest BCUT2D eigenvalue weighted by molar-refractivity contribution is -0.384. The van der Waals surface area contributed by atoms with E-state index >= 15 is 0 Å². The number of nitrogens with zero attached hydrogens (tertiary/aromatic N) is 1. The Balaban J connectivity index is 2.35. The van der Waals surface area contributed by atoms with Crippen molar-refractivity contribution in [3.8, 4) is 17.2 Å². The van der Waals surface area contributed by atoms with Crippen LogP contribution in [0.2, 0.25) is 0 Å². The molecule has 2 aromatic rings. The van der Waals surface area contributed by atoms with E-state index in [0.29, 0.717) is 28.9 Å². The number of rotatable bonds is 7. The molecule has 0 fully saturated rings. The van der Waals surface area contributed by atoms with Crippen LogP contribution < -0.4 is 19.5 Å². The van der Waals surface area contributed by atoms with Crippen molar-refractivity contribution < 1.29 is 32.3 Å². The Morgan fingerprint density at radius 1 is 1.04 bits per heavy atom. The first-order chi connectivity index (χ1) is 12.7. The molecule has 0 aromatic heterocycles.